The van der Waals surface area contributed by atoms with E-state index in [-0.39, 0.29) is 5.69 Å². The van der Waals surface area contributed by atoms with E-state index in [2.05, 4.69) is 46.3 Å². The van der Waals surface area contributed by atoms with Crippen molar-refractivity contribution in [3.63, 3.8) is 0 Å². The Morgan fingerprint density at radius 1 is 1.13 bits per heavy atom. The lowest BCUT2D eigenvalue weighted by Gasteiger charge is -2.01. The van der Waals surface area contributed by atoms with Crippen LogP contribution in [0.3, 0.4) is 0 Å². The lowest BCUT2D eigenvalue weighted by Crippen LogP contribution is -1.87. The molecule has 1 nitrogen and oxygen atoms in total. The maximum absolute atomic E-state index is 14.0. The predicted octanol–water partition coefficient (Wildman–Crippen LogP) is 5.22. The molecular formula is C20H16FNS. The molecule has 0 bridgehead atoms. The maximum Gasteiger partial charge on any atom is 0.151 e. The predicted molar refractivity (Wildman–Crippen MR) is 94.7 cm³/mol. The zero-order chi connectivity index (χ0) is 16.2. The van der Waals surface area contributed by atoms with Gasteiger partial charge in [-0.3, -0.25) is 0 Å². The Bertz CT molecular complexity index is 809. The Labute approximate surface area is 141 Å². The number of nitrogens with zero attached hydrogens (tertiary/aromatic N) is 1. The van der Waals surface area contributed by atoms with Gasteiger partial charge in [0.2, 0.25) is 0 Å². The van der Waals surface area contributed by atoms with Gasteiger partial charge in [0.25, 0.3) is 0 Å². The molecule has 2 aromatic carbocycles. The fourth-order valence-electron chi connectivity index (χ4n) is 2.52. The van der Waals surface area contributed by atoms with Crippen LogP contribution in [0, 0.1) is 30.5 Å². The van der Waals surface area contributed by atoms with Crippen molar-refractivity contribution in [1.29, 1.82) is 0 Å². The molecule has 0 aromatic heterocycles. The first-order valence-electron chi connectivity index (χ1n) is 7.64. The molecule has 1 fully saturated rings. The highest BCUT2D eigenvalue weighted by molar-refractivity contribution is 7.78. The number of halogens is 1. The molecule has 1 aliphatic carbocycles. The molecule has 1 aliphatic rings. The smallest absolute Gasteiger partial charge is 0.151 e. The van der Waals surface area contributed by atoms with Gasteiger partial charge in [0, 0.05) is 11.1 Å². The van der Waals surface area contributed by atoms with Gasteiger partial charge in [0.15, 0.2) is 5.82 Å². The SMILES string of the molecule is Cc1cc(C#Cc2ccc(CC3CC3)cc2)cc(F)c1N=C=S. The van der Waals surface area contributed by atoms with Crippen LogP contribution in [0.1, 0.15) is 35.1 Å². The monoisotopic (exact) mass is 321 g/mol. The number of hydrogen-bond acceptors (Lipinski definition) is 2. The summed E-state index contributed by atoms with van der Waals surface area (Å²) in [5.41, 5.74) is 3.86. The van der Waals surface area contributed by atoms with Crippen LogP contribution in [-0.2, 0) is 6.42 Å². The Balaban J connectivity index is 1.79. The third kappa shape index (κ3) is 4.13. The molecule has 0 N–H and O–H groups in total. The van der Waals surface area contributed by atoms with Crippen LogP contribution in [0.25, 0.3) is 0 Å². The largest absolute Gasteiger partial charge is 0.205 e. The number of benzene rings is 2. The van der Waals surface area contributed by atoms with Crippen LogP contribution in [0.15, 0.2) is 41.4 Å². The molecule has 114 valence electrons. The molecule has 0 amide bonds. The van der Waals surface area contributed by atoms with Crippen molar-refractivity contribution in [2.45, 2.75) is 26.2 Å². The molecule has 0 atom stereocenters. The number of aryl methyl sites for hydroxylation is 1. The second kappa shape index (κ2) is 6.87. The lowest BCUT2D eigenvalue weighted by molar-refractivity contribution is 0.628. The fraction of sp³-hybridized carbons (Fsp3) is 0.250. The number of thiocarbonyl (C=S) groups is 1. The normalized spacial score (nSPS) is 13.0. The Morgan fingerprint density at radius 2 is 1.83 bits per heavy atom. The standard InChI is InChI=1S/C20H16FNS/c1-14-10-18(12-19(21)20(14)22-13-23)9-4-15-2-5-16(6-3-15)11-17-7-8-17/h2-3,5-6,10,12,17H,7-8,11H2,1H3. The summed E-state index contributed by atoms with van der Waals surface area (Å²) in [4.78, 5) is 3.75. The zero-order valence-corrected chi connectivity index (χ0v) is 13.7. The van der Waals surface area contributed by atoms with Crippen molar-refractivity contribution in [1.82, 2.24) is 0 Å². The molecule has 0 unspecified atom stereocenters. The van der Waals surface area contributed by atoms with Gasteiger partial charge in [-0.25, -0.2) is 4.39 Å². The van der Waals surface area contributed by atoms with Gasteiger partial charge in [-0.1, -0.05) is 24.0 Å². The second-order valence-electron chi connectivity index (χ2n) is 5.92. The summed E-state index contributed by atoms with van der Waals surface area (Å²) < 4.78 is 14.0. The topological polar surface area (TPSA) is 12.4 Å². The second-order valence-corrected chi connectivity index (χ2v) is 6.10. The summed E-state index contributed by atoms with van der Waals surface area (Å²) in [5, 5.41) is 2.20. The summed E-state index contributed by atoms with van der Waals surface area (Å²) in [5.74, 6) is 6.54. The Kier molecular flexibility index (Phi) is 4.67. The molecule has 3 heteroatoms. The average molecular weight is 321 g/mol. The third-order valence-electron chi connectivity index (χ3n) is 3.94. The van der Waals surface area contributed by atoms with Gasteiger partial charge in [0.1, 0.15) is 5.69 Å². The van der Waals surface area contributed by atoms with Crippen LogP contribution in [0.2, 0.25) is 0 Å². The van der Waals surface area contributed by atoms with Crippen molar-refractivity contribution in [2.24, 2.45) is 10.9 Å². The van der Waals surface area contributed by atoms with Crippen LogP contribution < -0.4 is 0 Å². The van der Waals surface area contributed by atoms with Gasteiger partial charge < -0.3 is 0 Å². The minimum atomic E-state index is -0.425. The number of isothiocyanates is 1. The summed E-state index contributed by atoms with van der Waals surface area (Å²) >= 11 is 4.53. The van der Waals surface area contributed by atoms with E-state index in [9.17, 15) is 4.39 Å². The fourth-order valence-corrected chi connectivity index (χ4v) is 2.61. The van der Waals surface area contributed by atoms with Crippen LogP contribution in [0.4, 0.5) is 10.1 Å². The van der Waals surface area contributed by atoms with Crippen molar-refractivity contribution in [3.05, 3.63) is 64.5 Å². The Morgan fingerprint density at radius 3 is 2.43 bits per heavy atom. The molecule has 0 spiro atoms. The van der Waals surface area contributed by atoms with Crippen LogP contribution in [-0.4, -0.2) is 5.16 Å². The molecule has 23 heavy (non-hydrogen) atoms. The molecule has 0 radical (unpaired) electrons. The van der Waals surface area contributed by atoms with E-state index in [4.69, 9.17) is 0 Å². The van der Waals surface area contributed by atoms with E-state index < -0.39 is 5.82 Å². The highest BCUT2D eigenvalue weighted by atomic mass is 32.1. The first-order valence-corrected chi connectivity index (χ1v) is 8.05. The molecule has 3 rings (SSSR count). The van der Waals surface area contributed by atoms with E-state index in [1.54, 1.807) is 6.92 Å². The van der Waals surface area contributed by atoms with Gasteiger partial charge in [-0.15, -0.1) is 0 Å². The number of rotatable bonds is 3. The zero-order valence-electron chi connectivity index (χ0n) is 12.9. The van der Waals surface area contributed by atoms with E-state index in [1.165, 1.54) is 30.9 Å². The molecule has 0 saturated heterocycles. The van der Waals surface area contributed by atoms with Crippen LogP contribution in [0.5, 0.6) is 0 Å². The summed E-state index contributed by atoms with van der Waals surface area (Å²) in [6.45, 7) is 1.78. The van der Waals surface area contributed by atoms with Gasteiger partial charge >= 0.3 is 0 Å². The van der Waals surface area contributed by atoms with E-state index in [0.717, 1.165) is 11.5 Å². The van der Waals surface area contributed by atoms with Gasteiger partial charge in [-0.05, 0) is 79.7 Å². The van der Waals surface area contributed by atoms with Crippen molar-refractivity contribution < 1.29 is 4.39 Å². The van der Waals surface area contributed by atoms with E-state index in [1.807, 2.05) is 18.2 Å². The van der Waals surface area contributed by atoms with E-state index >= 15 is 0 Å². The average Bonchev–Trinajstić information content (AvgIpc) is 3.34. The molecule has 2 aromatic rings. The van der Waals surface area contributed by atoms with Crippen LogP contribution >= 0.6 is 12.2 Å². The molecule has 1 saturated carbocycles. The van der Waals surface area contributed by atoms with Crippen molar-refractivity contribution >= 4 is 23.1 Å². The third-order valence-corrected chi connectivity index (χ3v) is 4.03. The molecule has 0 aliphatic heterocycles. The summed E-state index contributed by atoms with van der Waals surface area (Å²) in [6, 6.07) is 11.5. The molecular weight excluding hydrogens is 305 g/mol. The number of aliphatic imine (C=N–C) groups is 1. The summed E-state index contributed by atoms with van der Waals surface area (Å²) in [6.07, 6.45) is 3.88. The van der Waals surface area contributed by atoms with Crippen molar-refractivity contribution in [3.8, 4) is 11.8 Å². The minimum Gasteiger partial charge on any atom is -0.205 e. The summed E-state index contributed by atoms with van der Waals surface area (Å²) in [7, 11) is 0. The molecule has 0 heterocycles. The van der Waals surface area contributed by atoms with Gasteiger partial charge in [-0.2, -0.15) is 4.99 Å². The highest BCUT2D eigenvalue weighted by Crippen LogP contribution is 2.32. The Hall–Kier alpha value is -2.27. The first-order chi connectivity index (χ1) is 11.2. The lowest BCUT2D eigenvalue weighted by atomic mass is 10.1. The quantitative estimate of drug-likeness (QED) is 0.429. The van der Waals surface area contributed by atoms with E-state index in [0.29, 0.717) is 11.1 Å². The highest BCUT2D eigenvalue weighted by Gasteiger charge is 2.21. The first kappa shape index (κ1) is 15.6. The van der Waals surface area contributed by atoms with Gasteiger partial charge in [0.05, 0.1) is 5.16 Å². The number of hydrogen-bond donors (Lipinski definition) is 0. The van der Waals surface area contributed by atoms with Crippen molar-refractivity contribution in [2.75, 3.05) is 0 Å². The minimum absolute atomic E-state index is 0.231. The maximum atomic E-state index is 14.0.